The Morgan fingerprint density at radius 3 is 1.63 bits per heavy atom. The lowest BCUT2D eigenvalue weighted by molar-refractivity contribution is 0.0810. The molecule has 0 saturated carbocycles. The van der Waals surface area contributed by atoms with Crippen molar-refractivity contribution in [1.29, 1.82) is 0 Å². The molecule has 6 aromatic heterocycles. The summed E-state index contributed by atoms with van der Waals surface area (Å²) in [4.78, 5) is 9.10. The second kappa shape index (κ2) is 18.2. The van der Waals surface area contributed by atoms with Crippen molar-refractivity contribution >= 4 is 33.0 Å². The van der Waals surface area contributed by atoms with E-state index >= 15 is 0 Å². The van der Waals surface area contributed by atoms with Crippen LogP contribution >= 0.6 is 0 Å². The van der Waals surface area contributed by atoms with Crippen LogP contribution in [-0.4, -0.2) is 89.3 Å². The second-order valence-electron chi connectivity index (χ2n) is 13.6. The fraction of sp³-hybridized carbons (Fsp3) is 0.231. The van der Waals surface area contributed by atoms with Crippen molar-refractivity contribution in [2.75, 3.05) is 30.1 Å². The quantitative estimate of drug-likeness (QED) is 0.0867. The Labute approximate surface area is 348 Å². The Balaban J connectivity index is 0.000000188. The third-order valence-electron chi connectivity index (χ3n) is 9.09. The standard InChI is InChI=1S/C20H19F3N6O3S.C19H17F3N6O/c1-12(15-7-14(21)3-4-17(15)32-11-18(22)23)26-19-5-6-28-20(27-19)16(9-24-28)13-8-25-29(10-13)33(2,30)31;1-11(14-6-13(20)2-3-16(14)29-10-17(21)22)26-18-4-5-28-19(27-18)15(9-25-28)12-7-23-24-8-12/h3-10,12,18H,11H2,1-2H3,(H,26,27);2-9,11,17H,10H2,1H3,(H,23,24)(H,26,27). The number of aromatic nitrogens is 10. The lowest BCUT2D eigenvalue weighted by Gasteiger charge is -2.19. The largest absolute Gasteiger partial charge is 0.487 e. The number of rotatable bonds is 15. The molecule has 0 fully saturated rings. The van der Waals surface area contributed by atoms with Crippen LogP contribution in [0.25, 0.3) is 33.5 Å². The highest BCUT2D eigenvalue weighted by molar-refractivity contribution is 7.89. The van der Waals surface area contributed by atoms with E-state index in [2.05, 4.69) is 46.1 Å². The van der Waals surface area contributed by atoms with Crippen molar-refractivity contribution in [3.8, 4) is 33.8 Å². The summed E-state index contributed by atoms with van der Waals surface area (Å²) in [7, 11) is -3.54. The van der Waals surface area contributed by atoms with Gasteiger partial charge >= 0.3 is 0 Å². The number of ether oxygens (including phenoxy) is 2. The normalized spacial score (nSPS) is 12.7. The molecule has 0 aliphatic heterocycles. The van der Waals surface area contributed by atoms with Crippen LogP contribution in [0.2, 0.25) is 0 Å². The molecule has 0 amide bonds. The maximum atomic E-state index is 13.8. The molecule has 23 heteroatoms. The number of aromatic amines is 1. The summed E-state index contributed by atoms with van der Waals surface area (Å²) >= 11 is 0. The van der Waals surface area contributed by atoms with Gasteiger partial charge in [0.05, 0.1) is 49.3 Å². The average molecular weight is 883 g/mol. The summed E-state index contributed by atoms with van der Waals surface area (Å²) in [5, 5.41) is 25.3. The van der Waals surface area contributed by atoms with Gasteiger partial charge in [-0.3, -0.25) is 5.10 Å². The molecule has 0 radical (unpaired) electrons. The van der Waals surface area contributed by atoms with Crippen molar-refractivity contribution in [3.63, 3.8) is 0 Å². The summed E-state index contributed by atoms with van der Waals surface area (Å²) in [5.41, 5.74) is 4.48. The van der Waals surface area contributed by atoms with Crippen molar-refractivity contribution in [2.45, 2.75) is 38.8 Å². The van der Waals surface area contributed by atoms with Gasteiger partial charge in [-0.1, -0.05) is 0 Å². The molecule has 324 valence electrons. The number of nitrogens with zero attached hydrogens (tertiary/aromatic N) is 9. The molecular weight excluding hydrogens is 847 g/mol. The van der Waals surface area contributed by atoms with Gasteiger partial charge in [-0.05, 0) is 62.4 Å². The summed E-state index contributed by atoms with van der Waals surface area (Å²) in [5.74, 6) is 0.217. The van der Waals surface area contributed by atoms with Crippen LogP contribution in [0, 0.1) is 11.6 Å². The Bertz CT molecular complexity index is 2910. The average Bonchev–Trinajstić information content (AvgIpc) is 4.07. The monoisotopic (exact) mass is 882 g/mol. The molecule has 8 aromatic rings. The van der Waals surface area contributed by atoms with Crippen molar-refractivity contribution < 1.29 is 44.2 Å². The van der Waals surface area contributed by atoms with Crippen LogP contribution in [0.4, 0.5) is 38.0 Å². The topological polar surface area (TPSA) is 184 Å². The molecule has 2 unspecified atom stereocenters. The highest BCUT2D eigenvalue weighted by Gasteiger charge is 2.19. The number of halogens is 6. The summed E-state index contributed by atoms with van der Waals surface area (Å²) in [6.07, 6.45) is 8.49. The molecule has 0 spiro atoms. The highest BCUT2D eigenvalue weighted by Crippen LogP contribution is 2.32. The van der Waals surface area contributed by atoms with Crippen LogP contribution < -0.4 is 20.1 Å². The maximum absolute atomic E-state index is 13.8. The van der Waals surface area contributed by atoms with Crippen LogP contribution in [0.3, 0.4) is 0 Å². The molecule has 0 aliphatic carbocycles. The molecule has 3 N–H and O–H groups in total. The lowest BCUT2D eigenvalue weighted by atomic mass is 10.1. The van der Waals surface area contributed by atoms with E-state index in [1.165, 1.54) is 53.4 Å². The minimum Gasteiger partial charge on any atom is -0.487 e. The SMILES string of the molecule is CC(Nc1ccn2ncc(-c3cn[nH]c3)c2n1)c1cc(F)ccc1OCC(F)F.CC(Nc1ccn2ncc(-c3cnn(S(C)(=O)=O)c3)c2n1)c1cc(F)ccc1OCC(F)F. The fourth-order valence-electron chi connectivity index (χ4n) is 6.21. The lowest BCUT2D eigenvalue weighted by Crippen LogP contribution is -2.13. The highest BCUT2D eigenvalue weighted by atomic mass is 32.2. The zero-order valence-corrected chi connectivity index (χ0v) is 33.6. The molecule has 2 atom stereocenters. The van der Waals surface area contributed by atoms with Crippen LogP contribution in [0.1, 0.15) is 37.1 Å². The molecule has 0 bridgehead atoms. The molecular formula is C39H36F6N12O4S. The van der Waals surface area contributed by atoms with E-state index in [0.717, 1.165) is 27.5 Å². The van der Waals surface area contributed by atoms with Gasteiger partial charge in [0.1, 0.15) is 48.0 Å². The number of benzene rings is 2. The smallest absolute Gasteiger partial charge is 0.272 e. The van der Waals surface area contributed by atoms with E-state index in [4.69, 9.17) is 9.47 Å². The number of anilines is 2. The Morgan fingerprint density at radius 2 is 1.19 bits per heavy atom. The third-order valence-corrected chi connectivity index (χ3v) is 9.97. The molecule has 6 heterocycles. The molecule has 2 aromatic carbocycles. The van der Waals surface area contributed by atoms with Gasteiger partial charge in [-0.25, -0.2) is 53.8 Å². The van der Waals surface area contributed by atoms with Gasteiger partial charge in [0.2, 0.25) is 0 Å². The van der Waals surface area contributed by atoms with Crippen LogP contribution in [0.15, 0.2) is 98.1 Å². The first kappa shape index (κ1) is 42.9. The van der Waals surface area contributed by atoms with Gasteiger partial charge in [0.15, 0.2) is 11.3 Å². The number of H-pyrrole nitrogens is 1. The van der Waals surface area contributed by atoms with Crippen molar-refractivity contribution in [2.24, 2.45) is 0 Å². The first-order valence-electron chi connectivity index (χ1n) is 18.5. The Morgan fingerprint density at radius 1 is 0.694 bits per heavy atom. The Kier molecular flexibility index (Phi) is 12.6. The Hall–Kier alpha value is -7.17. The van der Waals surface area contributed by atoms with Gasteiger partial charge in [0, 0.05) is 52.0 Å². The molecule has 0 saturated heterocycles. The number of hydrogen-bond acceptors (Lipinski definition) is 12. The summed E-state index contributed by atoms with van der Waals surface area (Å²) in [6, 6.07) is 9.78. The zero-order chi connectivity index (χ0) is 44.1. The molecule has 0 aliphatic rings. The summed E-state index contributed by atoms with van der Waals surface area (Å²) in [6.45, 7) is 1.90. The number of fused-ring (bicyclic) bond motifs is 2. The minimum absolute atomic E-state index is 0.135. The number of hydrogen-bond donors (Lipinski definition) is 3. The predicted molar refractivity (Wildman–Crippen MR) is 215 cm³/mol. The van der Waals surface area contributed by atoms with Crippen molar-refractivity contribution in [3.05, 3.63) is 121 Å². The molecule has 16 nitrogen and oxygen atoms in total. The van der Waals surface area contributed by atoms with Crippen molar-refractivity contribution in [1.82, 2.24) is 48.6 Å². The minimum atomic E-state index is -3.54. The van der Waals surface area contributed by atoms with Gasteiger partial charge in [-0.2, -0.15) is 24.5 Å². The zero-order valence-electron chi connectivity index (χ0n) is 32.8. The van der Waals surface area contributed by atoms with Gasteiger partial charge in [0.25, 0.3) is 22.9 Å². The van der Waals surface area contributed by atoms with Crippen LogP contribution in [0.5, 0.6) is 11.5 Å². The second-order valence-corrected chi connectivity index (χ2v) is 15.5. The first-order valence-corrected chi connectivity index (χ1v) is 20.3. The molecule has 8 rings (SSSR count). The fourth-order valence-corrected chi connectivity index (χ4v) is 6.74. The maximum Gasteiger partial charge on any atom is 0.272 e. The predicted octanol–water partition coefficient (Wildman–Crippen LogP) is 7.43. The van der Waals surface area contributed by atoms with E-state index in [1.807, 2.05) is 0 Å². The van der Waals surface area contributed by atoms with Gasteiger partial charge < -0.3 is 20.1 Å². The third kappa shape index (κ3) is 10.1. The van der Waals surface area contributed by atoms with Gasteiger partial charge in [-0.15, -0.1) is 0 Å². The van der Waals surface area contributed by atoms with Crippen LogP contribution in [-0.2, 0) is 10.0 Å². The molecule has 62 heavy (non-hydrogen) atoms. The number of nitrogens with one attached hydrogen (secondary N) is 3. The first-order chi connectivity index (χ1) is 29.6. The number of alkyl halides is 4. The van der Waals surface area contributed by atoms with E-state index < -0.39 is 59.8 Å². The van der Waals surface area contributed by atoms with E-state index in [1.54, 1.807) is 61.5 Å². The summed E-state index contributed by atoms with van der Waals surface area (Å²) < 4.78 is 115. The van der Waals surface area contributed by atoms with E-state index in [0.29, 0.717) is 45.2 Å². The van der Waals surface area contributed by atoms with E-state index in [9.17, 15) is 34.8 Å². The van der Waals surface area contributed by atoms with E-state index in [-0.39, 0.29) is 11.5 Å².